The van der Waals surface area contributed by atoms with Crippen LogP contribution in [-0.4, -0.2) is 19.9 Å². The van der Waals surface area contributed by atoms with Crippen molar-refractivity contribution in [3.63, 3.8) is 0 Å². The molecule has 3 aromatic rings. The van der Waals surface area contributed by atoms with Crippen molar-refractivity contribution in [3.05, 3.63) is 53.2 Å². The molecule has 1 atom stereocenters. The molecule has 4 nitrogen and oxygen atoms in total. The van der Waals surface area contributed by atoms with E-state index in [1.54, 1.807) is 0 Å². The van der Waals surface area contributed by atoms with Gasteiger partial charge in [0.05, 0.1) is 5.52 Å². The Morgan fingerprint density at radius 3 is 2.96 bits per heavy atom. The van der Waals surface area contributed by atoms with Crippen LogP contribution in [0.4, 0.5) is 0 Å². The quantitative estimate of drug-likeness (QED) is 0.698. The summed E-state index contributed by atoms with van der Waals surface area (Å²) in [6.45, 7) is 3.80. The molecule has 0 saturated heterocycles. The lowest BCUT2D eigenvalue weighted by molar-refractivity contribution is 0.0887. The third-order valence-electron chi connectivity index (χ3n) is 5.79. The van der Waals surface area contributed by atoms with E-state index >= 15 is 0 Å². The van der Waals surface area contributed by atoms with Crippen molar-refractivity contribution in [3.8, 4) is 0 Å². The summed E-state index contributed by atoms with van der Waals surface area (Å²) in [5, 5.41) is 1.18. The second-order valence-electron chi connectivity index (χ2n) is 7.12. The van der Waals surface area contributed by atoms with Crippen LogP contribution in [0.1, 0.15) is 40.3 Å². The summed E-state index contributed by atoms with van der Waals surface area (Å²) < 4.78 is 4.54. The topological polar surface area (TPSA) is 39.8 Å². The Bertz CT molecular complexity index is 969. The molecule has 0 saturated carbocycles. The standard InChI is InChI=1S/C20H21N3O.ClH/c1-13-21-9-11-22(13)12-15-7-8-17-18(20(15)24)16-6-2-4-14-5-3-10-23(17)19(14)16;/h2,4,6,9,11,15H,3,5,7-8,10,12H2,1H3;1H. The fraction of sp³-hybridized carbons (Fsp3) is 0.400. The van der Waals surface area contributed by atoms with E-state index in [0.717, 1.165) is 43.7 Å². The van der Waals surface area contributed by atoms with Crippen LogP contribution in [0.15, 0.2) is 30.6 Å². The van der Waals surface area contributed by atoms with Crippen LogP contribution < -0.4 is 0 Å². The summed E-state index contributed by atoms with van der Waals surface area (Å²) in [6.07, 6.45) is 8.05. The van der Waals surface area contributed by atoms with Crippen LogP contribution in [0.5, 0.6) is 0 Å². The molecule has 1 aliphatic heterocycles. The van der Waals surface area contributed by atoms with Gasteiger partial charge in [-0.25, -0.2) is 4.98 Å². The van der Waals surface area contributed by atoms with Gasteiger partial charge in [-0.05, 0) is 38.2 Å². The summed E-state index contributed by atoms with van der Waals surface area (Å²) in [5.74, 6) is 1.37. The molecule has 1 unspecified atom stereocenters. The van der Waals surface area contributed by atoms with Gasteiger partial charge in [0.2, 0.25) is 0 Å². The predicted octanol–water partition coefficient (Wildman–Crippen LogP) is 3.96. The fourth-order valence-corrected chi connectivity index (χ4v) is 4.60. The zero-order valence-corrected chi connectivity index (χ0v) is 15.2. The lowest BCUT2D eigenvalue weighted by Gasteiger charge is -2.24. The third-order valence-corrected chi connectivity index (χ3v) is 5.79. The monoisotopic (exact) mass is 355 g/mol. The molecule has 5 rings (SSSR count). The highest BCUT2D eigenvalue weighted by Crippen LogP contribution is 2.38. The first-order valence-corrected chi connectivity index (χ1v) is 8.89. The molecule has 0 spiro atoms. The highest BCUT2D eigenvalue weighted by Gasteiger charge is 2.34. The maximum Gasteiger partial charge on any atom is 0.170 e. The minimum Gasteiger partial charge on any atom is -0.344 e. The molecule has 0 N–H and O–H groups in total. The zero-order valence-electron chi connectivity index (χ0n) is 14.4. The number of hydrogen-bond donors (Lipinski definition) is 0. The molecule has 5 heteroatoms. The predicted molar refractivity (Wildman–Crippen MR) is 101 cm³/mol. The number of hydrogen-bond acceptors (Lipinski definition) is 2. The van der Waals surface area contributed by atoms with Gasteiger partial charge in [0.15, 0.2) is 5.78 Å². The Morgan fingerprint density at radius 2 is 2.16 bits per heavy atom. The Kier molecular flexibility index (Phi) is 3.95. The lowest BCUT2D eigenvalue weighted by Crippen LogP contribution is -2.27. The van der Waals surface area contributed by atoms with Gasteiger partial charge in [0.1, 0.15) is 5.82 Å². The number of halogens is 1. The van der Waals surface area contributed by atoms with Crippen molar-refractivity contribution >= 4 is 29.1 Å². The van der Waals surface area contributed by atoms with Crippen molar-refractivity contribution in [1.29, 1.82) is 0 Å². The van der Waals surface area contributed by atoms with E-state index in [1.807, 2.05) is 19.3 Å². The number of ketones is 1. The highest BCUT2D eigenvalue weighted by molar-refractivity contribution is 6.12. The Hall–Kier alpha value is -2.07. The zero-order chi connectivity index (χ0) is 16.3. The molecule has 0 bridgehead atoms. The number of imidazole rings is 1. The van der Waals surface area contributed by atoms with Crippen LogP contribution >= 0.6 is 12.4 Å². The molecular formula is C20H22ClN3O. The molecule has 25 heavy (non-hydrogen) atoms. The maximum absolute atomic E-state index is 13.3. The van der Waals surface area contributed by atoms with E-state index in [0.29, 0.717) is 5.78 Å². The Balaban J connectivity index is 0.00000157. The number of aromatic nitrogens is 3. The first-order chi connectivity index (χ1) is 11.7. The molecular weight excluding hydrogens is 334 g/mol. The number of carbonyl (C=O) groups excluding carboxylic acids is 1. The first-order valence-electron chi connectivity index (χ1n) is 8.89. The Morgan fingerprint density at radius 1 is 1.28 bits per heavy atom. The highest BCUT2D eigenvalue weighted by atomic mass is 35.5. The average Bonchev–Trinajstić information content (AvgIpc) is 3.15. The molecule has 2 aliphatic rings. The SMILES string of the molecule is Cc1nccn1CC1CCc2c(c3cccc4c3n2CCC4)C1=O.Cl. The molecule has 1 aliphatic carbocycles. The Labute approximate surface area is 153 Å². The summed E-state index contributed by atoms with van der Waals surface area (Å²) in [6, 6.07) is 6.48. The van der Waals surface area contributed by atoms with Gasteiger partial charge in [0.25, 0.3) is 0 Å². The van der Waals surface area contributed by atoms with E-state index < -0.39 is 0 Å². The van der Waals surface area contributed by atoms with Crippen molar-refractivity contribution in [2.24, 2.45) is 5.92 Å². The van der Waals surface area contributed by atoms with Gasteiger partial charge < -0.3 is 9.13 Å². The molecule has 0 amide bonds. The normalized spacial score (nSPS) is 18.9. The second-order valence-corrected chi connectivity index (χ2v) is 7.12. The second kappa shape index (κ2) is 6.03. The maximum atomic E-state index is 13.3. The van der Waals surface area contributed by atoms with Gasteiger partial charge in [-0.2, -0.15) is 0 Å². The summed E-state index contributed by atoms with van der Waals surface area (Å²) in [5.41, 5.74) is 5.01. The third kappa shape index (κ3) is 2.35. The van der Waals surface area contributed by atoms with E-state index in [1.165, 1.54) is 28.6 Å². The van der Waals surface area contributed by atoms with Crippen molar-refractivity contribution in [1.82, 2.24) is 14.1 Å². The average molecular weight is 356 g/mol. The smallest absolute Gasteiger partial charge is 0.170 e. The van der Waals surface area contributed by atoms with Gasteiger partial charge in [-0.15, -0.1) is 12.4 Å². The number of carbonyl (C=O) groups is 1. The minimum atomic E-state index is 0. The van der Waals surface area contributed by atoms with E-state index in [9.17, 15) is 4.79 Å². The first kappa shape index (κ1) is 16.4. The van der Waals surface area contributed by atoms with E-state index in [4.69, 9.17) is 0 Å². The summed E-state index contributed by atoms with van der Waals surface area (Å²) >= 11 is 0. The van der Waals surface area contributed by atoms with Crippen molar-refractivity contribution in [2.75, 3.05) is 0 Å². The van der Waals surface area contributed by atoms with Gasteiger partial charge in [-0.1, -0.05) is 18.2 Å². The van der Waals surface area contributed by atoms with Gasteiger partial charge in [-0.3, -0.25) is 4.79 Å². The van der Waals surface area contributed by atoms with E-state index in [2.05, 4.69) is 32.3 Å². The largest absolute Gasteiger partial charge is 0.344 e. The number of para-hydroxylation sites is 1. The number of rotatable bonds is 2. The molecule has 0 fully saturated rings. The van der Waals surface area contributed by atoms with Crippen molar-refractivity contribution in [2.45, 2.75) is 45.7 Å². The van der Waals surface area contributed by atoms with Crippen LogP contribution in [0.25, 0.3) is 10.9 Å². The number of nitrogens with zero attached hydrogens (tertiary/aromatic N) is 3. The van der Waals surface area contributed by atoms with Crippen LogP contribution in [0.2, 0.25) is 0 Å². The van der Waals surface area contributed by atoms with Crippen LogP contribution in [-0.2, 0) is 25.9 Å². The minimum absolute atomic E-state index is 0. The van der Waals surface area contributed by atoms with Gasteiger partial charge >= 0.3 is 0 Å². The van der Waals surface area contributed by atoms with Crippen LogP contribution in [0.3, 0.4) is 0 Å². The molecule has 130 valence electrons. The molecule has 3 heterocycles. The number of fused-ring (bicyclic) bond motifs is 3. The van der Waals surface area contributed by atoms with Gasteiger partial charge in [0, 0.05) is 48.0 Å². The van der Waals surface area contributed by atoms with Crippen LogP contribution in [0, 0.1) is 12.8 Å². The van der Waals surface area contributed by atoms with Crippen molar-refractivity contribution < 1.29 is 4.79 Å². The number of aryl methyl sites for hydroxylation is 3. The summed E-state index contributed by atoms with van der Waals surface area (Å²) in [4.78, 5) is 17.6. The number of Topliss-reactive ketones (excluding diaryl/α,β-unsaturated/α-hetero) is 1. The summed E-state index contributed by atoms with van der Waals surface area (Å²) in [7, 11) is 0. The van der Waals surface area contributed by atoms with E-state index in [-0.39, 0.29) is 18.3 Å². The number of benzene rings is 1. The fourth-order valence-electron chi connectivity index (χ4n) is 4.60. The molecule has 1 aromatic carbocycles. The lowest BCUT2D eigenvalue weighted by atomic mass is 9.84. The molecule has 0 radical (unpaired) electrons. The molecule has 2 aromatic heterocycles.